The SMILES string of the molecule is CC[C](Br)CBr. The van der Waals surface area contributed by atoms with Crippen LogP contribution < -0.4 is 0 Å². The lowest BCUT2D eigenvalue weighted by Gasteiger charge is -1.93. The minimum Gasteiger partial charge on any atom is -0.0912 e. The van der Waals surface area contributed by atoms with E-state index < -0.39 is 0 Å². The fraction of sp³-hybridized carbons (Fsp3) is 0.750. The third-order valence-corrected chi connectivity index (χ3v) is 2.80. The Kier molecular flexibility index (Phi) is 4.79. The highest BCUT2D eigenvalue weighted by atomic mass is 79.9. The Morgan fingerprint density at radius 3 is 2.17 bits per heavy atom. The van der Waals surface area contributed by atoms with Gasteiger partial charge >= 0.3 is 0 Å². The van der Waals surface area contributed by atoms with Gasteiger partial charge in [-0.2, -0.15) is 0 Å². The van der Waals surface area contributed by atoms with Gasteiger partial charge in [0, 0.05) is 5.33 Å². The number of hydrogen-bond donors (Lipinski definition) is 0. The van der Waals surface area contributed by atoms with Crippen molar-refractivity contribution in [2.45, 2.75) is 13.3 Å². The predicted molar refractivity (Wildman–Crippen MR) is 36.3 cm³/mol. The molecule has 0 aromatic heterocycles. The van der Waals surface area contributed by atoms with E-state index in [1.165, 1.54) is 4.83 Å². The maximum Gasteiger partial charge on any atom is 0.0512 e. The van der Waals surface area contributed by atoms with Crippen LogP contribution in [0.2, 0.25) is 0 Å². The highest BCUT2D eigenvalue weighted by molar-refractivity contribution is 9.13. The van der Waals surface area contributed by atoms with Gasteiger partial charge in [-0.1, -0.05) is 38.8 Å². The fourth-order valence-corrected chi connectivity index (χ4v) is 0.491. The zero-order chi connectivity index (χ0) is 4.99. The van der Waals surface area contributed by atoms with Crippen LogP contribution in [-0.2, 0) is 0 Å². The molecule has 0 rings (SSSR count). The predicted octanol–water partition coefficient (Wildman–Crippen LogP) is 2.72. The van der Waals surface area contributed by atoms with Crippen LogP contribution in [0.4, 0.5) is 0 Å². The maximum atomic E-state index is 3.35. The molecule has 0 spiro atoms. The molecule has 0 aliphatic carbocycles. The molecule has 0 N–H and O–H groups in total. The lowest BCUT2D eigenvalue weighted by Crippen LogP contribution is -1.81. The number of alkyl halides is 1. The summed E-state index contributed by atoms with van der Waals surface area (Å²) in [4.78, 5) is 1.32. The molecule has 0 aromatic rings. The third-order valence-electron chi connectivity index (χ3n) is 0.529. The van der Waals surface area contributed by atoms with Crippen LogP contribution in [0.15, 0.2) is 0 Å². The average molecular weight is 215 g/mol. The largest absolute Gasteiger partial charge is 0.0912 e. The van der Waals surface area contributed by atoms with Gasteiger partial charge in [0.05, 0.1) is 4.83 Å². The Labute approximate surface area is 55.6 Å². The van der Waals surface area contributed by atoms with Crippen LogP contribution in [-0.4, -0.2) is 5.33 Å². The third kappa shape index (κ3) is 3.16. The van der Waals surface area contributed by atoms with Crippen molar-refractivity contribution in [3.8, 4) is 0 Å². The minimum absolute atomic E-state index is 0.976. The van der Waals surface area contributed by atoms with Crippen LogP contribution >= 0.6 is 31.9 Å². The first-order valence-corrected chi connectivity index (χ1v) is 3.78. The molecule has 0 aliphatic rings. The summed E-state index contributed by atoms with van der Waals surface area (Å²) in [5, 5.41) is 0.976. The molecule has 0 heterocycles. The smallest absolute Gasteiger partial charge is 0.0512 e. The molecule has 0 aromatic carbocycles. The van der Waals surface area contributed by atoms with Crippen molar-refractivity contribution in [3.63, 3.8) is 0 Å². The molecule has 37 valence electrons. The molecule has 0 nitrogen and oxygen atoms in total. The van der Waals surface area contributed by atoms with Crippen LogP contribution in [0.3, 0.4) is 0 Å². The van der Waals surface area contributed by atoms with E-state index in [0.717, 1.165) is 11.8 Å². The highest BCUT2D eigenvalue weighted by Crippen LogP contribution is 2.15. The van der Waals surface area contributed by atoms with Gasteiger partial charge < -0.3 is 0 Å². The molecule has 0 saturated heterocycles. The number of halogens is 2. The van der Waals surface area contributed by atoms with Crippen molar-refractivity contribution in [2.75, 3.05) is 5.33 Å². The van der Waals surface area contributed by atoms with Crippen LogP contribution in [0.1, 0.15) is 13.3 Å². The summed E-state index contributed by atoms with van der Waals surface area (Å²) in [5.74, 6) is 0. The lowest BCUT2D eigenvalue weighted by molar-refractivity contribution is 1.08. The molecule has 0 unspecified atom stereocenters. The fourth-order valence-electron chi connectivity index (χ4n) is 0.0945. The second-order valence-corrected chi connectivity index (χ2v) is 2.69. The lowest BCUT2D eigenvalue weighted by atomic mass is 10.4. The Balaban J connectivity index is 2.75. The number of rotatable bonds is 2. The van der Waals surface area contributed by atoms with E-state index in [9.17, 15) is 0 Å². The maximum absolute atomic E-state index is 3.35. The molecular formula is C4H7Br2. The normalized spacial score (nSPS) is 10.0. The van der Waals surface area contributed by atoms with Gasteiger partial charge in [-0.15, -0.1) is 0 Å². The van der Waals surface area contributed by atoms with Crippen molar-refractivity contribution in [1.82, 2.24) is 0 Å². The molecule has 0 atom stereocenters. The summed E-state index contributed by atoms with van der Waals surface area (Å²) < 4.78 is 0. The molecule has 0 amide bonds. The van der Waals surface area contributed by atoms with Gasteiger partial charge in [0.25, 0.3) is 0 Å². The Hall–Kier alpha value is 0.960. The van der Waals surface area contributed by atoms with Crippen molar-refractivity contribution < 1.29 is 0 Å². The van der Waals surface area contributed by atoms with Gasteiger partial charge in [0.2, 0.25) is 0 Å². The van der Waals surface area contributed by atoms with Crippen molar-refractivity contribution in [3.05, 3.63) is 4.83 Å². The summed E-state index contributed by atoms with van der Waals surface area (Å²) in [7, 11) is 0. The van der Waals surface area contributed by atoms with Crippen molar-refractivity contribution >= 4 is 31.9 Å². The molecule has 0 saturated carbocycles. The van der Waals surface area contributed by atoms with E-state index in [-0.39, 0.29) is 0 Å². The van der Waals surface area contributed by atoms with E-state index >= 15 is 0 Å². The minimum atomic E-state index is 0.976. The first kappa shape index (κ1) is 6.96. The molecule has 1 radical (unpaired) electrons. The van der Waals surface area contributed by atoms with E-state index in [2.05, 4.69) is 38.8 Å². The Morgan fingerprint density at radius 2 is 2.17 bits per heavy atom. The van der Waals surface area contributed by atoms with Crippen molar-refractivity contribution in [2.24, 2.45) is 0 Å². The summed E-state index contributed by atoms with van der Waals surface area (Å²) >= 11 is 6.64. The average Bonchev–Trinajstić information content (AvgIpc) is 1.65. The summed E-state index contributed by atoms with van der Waals surface area (Å²) in [5.41, 5.74) is 0. The number of hydrogen-bond acceptors (Lipinski definition) is 0. The van der Waals surface area contributed by atoms with Crippen LogP contribution in [0.5, 0.6) is 0 Å². The standard InChI is InChI=1S/C4H7Br2/c1-2-4(6)3-5/h2-3H2,1H3. The first-order valence-electron chi connectivity index (χ1n) is 1.87. The molecule has 6 heavy (non-hydrogen) atoms. The molecule has 2 heteroatoms. The molecule has 0 fully saturated rings. The second-order valence-electron chi connectivity index (χ2n) is 1.00. The summed E-state index contributed by atoms with van der Waals surface area (Å²) in [6.45, 7) is 2.12. The van der Waals surface area contributed by atoms with Crippen LogP contribution in [0.25, 0.3) is 0 Å². The van der Waals surface area contributed by atoms with E-state index in [1.54, 1.807) is 0 Å². The topological polar surface area (TPSA) is 0 Å². The van der Waals surface area contributed by atoms with Gasteiger partial charge in [0.1, 0.15) is 0 Å². The highest BCUT2D eigenvalue weighted by Gasteiger charge is 1.93. The first-order chi connectivity index (χ1) is 2.81. The monoisotopic (exact) mass is 213 g/mol. The van der Waals surface area contributed by atoms with Gasteiger partial charge in [-0.05, 0) is 6.42 Å². The zero-order valence-corrected chi connectivity index (χ0v) is 6.84. The zero-order valence-electron chi connectivity index (χ0n) is 3.67. The van der Waals surface area contributed by atoms with E-state index in [0.29, 0.717) is 0 Å². The second kappa shape index (κ2) is 4.13. The Bertz CT molecular complexity index is 24.7. The van der Waals surface area contributed by atoms with Crippen LogP contribution in [0, 0.1) is 4.83 Å². The van der Waals surface area contributed by atoms with Gasteiger partial charge in [0.15, 0.2) is 0 Å². The van der Waals surface area contributed by atoms with Crippen molar-refractivity contribution in [1.29, 1.82) is 0 Å². The molecule has 0 aliphatic heterocycles. The molecular weight excluding hydrogens is 208 g/mol. The molecule has 0 bridgehead atoms. The van der Waals surface area contributed by atoms with Gasteiger partial charge in [-0.25, -0.2) is 0 Å². The van der Waals surface area contributed by atoms with E-state index in [1.807, 2.05) is 0 Å². The van der Waals surface area contributed by atoms with E-state index in [4.69, 9.17) is 0 Å². The summed E-state index contributed by atoms with van der Waals surface area (Å²) in [6, 6.07) is 0. The Morgan fingerprint density at radius 1 is 1.67 bits per heavy atom. The van der Waals surface area contributed by atoms with Gasteiger partial charge in [-0.3, -0.25) is 0 Å². The summed E-state index contributed by atoms with van der Waals surface area (Å²) in [6.07, 6.45) is 1.12. The quantitative estimate of drug-likeness (QED) is 0.621.